The Morgan fingerprint density at radius 1 is 1.50 bits per heavy atom. The van der Waals surface area contributed by atoms with Gasteiger partial charge in [0.05, 0.1) is 6.61 Å². The van der Waals surface area contributed by atoms with Crippen molar-refractivity contribution in [2.45, 2.75) is 6.92 Å². The lowest BCUT2D eigenvalue weighted by Crippen LogP contribution is -2.26. The van der Waals surface area contributed by atoms with E-state index in [0.29, 0.717) is 6.61 Å². The summed E-state index contributed by atoms with van der Waals surface area (Å²) in [5.74, 6) is -0.0431. The van der Waals surface area contributed by atoms with E-state index < -0.39 is 0 Å². The minimum atomic E-state index is -0.0431. The highest BCUT2D eigenvalue weighted by atomic mass is 35.5. The Morgan fingerprint density at radius 2 is 2.00 bits per heavy atom. The van der Waals surface area contributed by atoms with Crippen molar-refractivity contribution < 1.29 is 4.84 Å². The summed E-state index contributed by atoms with van der Waals surface area (Å²) >= 11 is 0. The first kappa shape index (κ1) is 16.3. The van der Waals surface area contributed by atoms with Gasteiger partial charge < -0.3 is 11.5 Å². The van der Waals surface area contributed by atoms with E-state index in [1.165, 1.54) is 0 Å². The summed E-state index contributed by atoms with van der Waals surface area (Å²) in [4.78, 5) is 4.55. The number of nitrogens with one attached hydrogen (secondary N) is 1. The molecule has 7 heteroatoms. The number of hydrazone groups is 1. The topological polar surface area (TPSA) is 85.7 Å². The van der Waals surface area contributed by atoms with Gasteiger partial charge in [-0.1, -0.05) is 0 Å². The van der Waals surface area contributed by atoms with Crippen LogP contribution in [0.15, 0.2) is 5.10 Å². The summed E-state index contributed by atoms with van der Waals surface area (Å²) in [5, 5.41) is 3.31. The van der Waals surface area contributed by atoms with Crippen LogP contribution < -0.4 is 17.1 Å². The highest BCUT2D eigenvalue weighted by molar-refractivity contribution is 5.85. The third-order valence-corrected chi connectivity index (χ3v) is 0.384. The molecule has 0 aromatic carbocycles. The molecule has 0 aliphatic rings. The Balaban J connectivity index is -0.000000245. The first-order valence-corrected chi connectivity index (χ1v) is 2.22. The van der Waals surface area contributed by atoms with Crippen molar-refractivity contribution in [2.75, 3.05) is 6.61 Å². The van der Waals surface area contributed by atoms with Crippen LogP contribution in [-0.2, 0) is 4.84 Å². The molecule has 0 spiro atoms. The molecule has 0 aliphatic carbocycles. The van der Waals surface area contributed by atoms with Crippen LogP contribution in [0.4, 0.5) is 0 Å². The van der Waals surface area contributed by atoms with Crippen LogP contribution in [0, 0.1) is 0 Å². The highest BCUT2D eigenvalue weighted by Gasteiger charge is 1.74. The van der Waals surface area contributed by atoms with Crippen LogP contribution in [0.3, 0.4) is 0 Å². The van der Waals surface area contributed by atoms with E-state index in [1.54, 1.807) is 0 Å². The van der Waals surface area contributed by atoms with Crippen LogP contribution >= 0.6 is 24.8 Å². The molecule has 0 radical (unpaired) electrons. The highest BCUT2D eigenvalue weighted by Crippen LogP contribution is 1.61. The molecule has 0 saturated heterocycles. The van der Waals surface area contributed by atoms with E-state index in [-0.39, 0.29) is 30.8 Å². The van der Waals surface area contributed by atoms with Gasteiger partial charge in [0.1, 0.15) is 0 Å². The van der Waals surface area contributed by atoms with E-state index in [2.05, 4.69) is 15.5 Å². The second-order valence-corrected chi connectivity index (χ2v) is 1.06. The van der Waals surface area contributed by atoms with E-state index in [9.17, 15) is 0 Å². The summed E-state index contributed by atoms with van der Waals surface area (Å²) in [6.45, 7) is 2.34. The summed E-state index contributed by atoms with van der Waals surface area (Å²) in [5.41, 5.74) is 12.0. The number of hydrogen-bond donors (Lipinski definition) is 3. The van der Waals surface area contributed by atoms with Gasteiger partial charge in [0.15, 0.2) is 0 Å². The molecule has 0 unspecified atom stereocenters. The fourth-order valence-electron chi connectivity index (χ4n) is 0.150. The number of nitrogens with zero attached hydrogens (tertiary/aromatic N) is 1. The Labute approximate surface area is 71.9 Å². The fourth-order valence-corrected chi connectivity index (χ4v) is 0.150. The fraction of sp³-hybridized carbons (Fsp3) is 0.667. The number of guanidine groups is 1. The molecular weight excluding hydrogens is 179 g/mol. The number of rotatable bonds is 3. The van der Waals surface area contributed by atoms with Gasteiger partial charge >= 0.3 is 0 Å². The quantitative estimate of drug-likeness (QED) is 0.244. The number of halogens is 2. The van der Waals surface area contributed by atoms with Crippen molar-refractivity contribution in [3.05, 3.63) is 0 Å². The lowest BCUT2D eigenvalue weighted by atomic mass is 10.9. The van der Waals surface area contributed by atoms with Crippen LogP contribution in [0.5, 0.6) is 0 Å². The summed E-state index contributed by atoms with van der Waals surface area (Å²) in [6, 6.07) is 0. The summed E-state index contributed by atoms with van der Waals surface area (Å²) in [6.07, 6.45) is 0. The van der Waals surface area contributed by atoms with Gasteiger partial charge in [-0.3, -0.25) is 4.84 Å². The summed E-state index contributed by atoms with van der Waals surface area (Å²) < 4.78 is 0. The SMILES string of the molecule is CCONN=C(N)N.Cl.Cl. The third-order valence-electron chi connectivity index (χ3n) is 0.384. The van der Waals surface area contributed by atoms with Gasteiger partial charge in [0.25, 0.3) is 0 Å². The van der Waals surface area contributed by atoms with Gasteiger partial charge in [-0.25, -0.2) is 0 Å². The molecule has 64 valence electrons. The monoisotopic (exact) mass is 190 g/mol. The third kappa shape index (κ3) is 15.6. The molecule has 10 heavy (non-hydrogen) atoms. The first-order chi connectivity index (χ1) is 3.77. The lowest BCUT2D eigenvalue weighted by Gasteiger charge is -1.95. The molecule has 0 atom stereocenters. The van der Waals surface area contributed by atoms with Crippen molar-refractivity contribution >= 4 is 30.8 Å². The Kier molecular flexibility index (Phi) is 18.6. The zero-order valence-electron chi connectivity index (χ0n) is 5.53. The van der Waals surface area contributed by atoms with Crippen LogP contribution in [0.2, 0.25) is 0 Å². The van der Waals surface area contributed by atoms with Gasteiger partial charge in [-0.15, -0.1) is 29.9 Å². The molecule has 0 rings (SSSR count). The standard InChI is InChI=1S/C3H10N4O.2ClH/c1-2-8-7-6-3(4)5;;/h7H,2H2,1H3,(H4,4,5,6);2*1H. The van der Waals surface area contributed by atoms with E-state index in [0.717, 1.165) is 0 Å². The van der Waals surface area contributed by atoms with Gasteiger partial charge in [0.2, 0.25) is 5.96 Å². The van der Waals surface area contributed by atoms with Gasteiger partial charge in [0, 0.05) is 0 Å². The smallest absolute Gasteiger partial charge is 0.210 e. The molecule has 0 fully saturated rings. The molecule has 0 saturated carbocycles. The molecule has 0 heterocycles. The minimum absolute atomic E-state index is 0. The second-order valence-electron chi connectivity index (χ2n) is 1.06. The Bertz CT molecular complexity index is 84.6. The largest absolute Gasteiger partial charge is 0.369 e. The lowest BCUT2D eigenvalue weighted by molar-refractivity contribution is 0.0530. The molecule has 5 nitrogen and oxygen atoms in total. The van der Waals surface area contributed by atoms with Crippen LogP contribution in [-0.4, -0.2) is 12.6 Å². The van der Waals surface area contributed by atoms with Gasteiger partial charge in [-0.05, 0) is 6.92 Å². The molecular formula is C3H12Cl2N4O. The van der Waals surface area contributed by atoms with Crippen molar-refractivity contribution in [3.8, 4) is 0 Å². The number of hydrogen-bond acceptors (Lipinski definition) is 3. The average Bonchev–Trinajstić information content (AvgIpc) is 1.66. The van der Waals surface area contributed by atoms with E-state index in [1.807, 2.05) is 6.92 Å². The Hall–Kier alpha value is -0.390. The Morgan fingerprint density at radius 3 is 2.30 bits per heavy atom. The molecule has 0 bridgehead atoms. The zero-order chi connectivity index (χ0) is 6.41. The molecule has 5 N–H and O–H groups in total. The maximum Gasteiger partial charge on any atom is 0.210 e. The maximum absolute atomic E-state index is 4.92. The first-order valence-electron chi connectivity index (χ1n) is 2.22. The average molecular weight is 191 g/mol. The zero-order valence-corrected chi connectivity index (χ0v) is 7.17. The van der Waals surface area contributed by atoms with Crippen molar-refractivity contribution in [1.82, 2.24) is 5.59 Å². The number of nitrogens with two attached hydrogens (primary N) is 2. The summed E-state index contributed by atoms with van der Waals surface area (Å²) in [7, 11) is 0. The predicted molar refractivity (Wildman–Crippen MR) is 45.1 cm³/mol. The normalized spacial score (nSPS) is 6.50. The van der Waals surface area contributed by atoms with Crippen molar-refractivity contribution in [1.29, 1.82) is 0 Å². The van der Waals surface area contributed by atoms with Gasteiger partial charge in [-0.2, -0.15) is 5.59 Å². The van der Waals surface area contributed by atoms with E-state index >= 15 is 0 Å². The van der Waals surface area contributed by atoms with E-state index in [4.69, 9.17) is 11.5 Å². The molecule has 0 aromatic rings. The maximum atomic E-state index is 4.92. The van der Waals surface area contributed by atoms with Crippen molar-refractivity contribution in [2.24, 2.45) is 16.6 Å². The molecule has 0 amide bonds. The van der Waals surface area contributed by atoms with Crippen LogP contribution in [0.1, 0.15) is 6.92 Å². The molecule has 0 aliphatic heterocycles. The second kappa shape index (κ2) is 11.4. The molecule has 0 aromatic heterocycles. The predicted octanol–water partition coefficient (Wildman–Crippen LogP) is -0.440. The van der Waals surface area contributed by atoms with Crippen molar-refractivity contribution in [3.63, 3.8) is 0 Å². The minimum Gasteiger partial charge on any atom is -0.369 e. The van der Waals surface area contributed by atoms with Crippen LogP contribution in [0.25, 0.3) is 0 Å².